The zero-order valence-electron chi connectivity index (χ0n) is 12.7. The number of carboxylic acids is 1. The Balaban J connectivity index is 2.16. The van der Waals surface area contributed by atoms with Gasteiger partial charge in [-0.05, 0) is 25.1 Å². The molecule has 0 amide bonds. The topological polar surface area (TPSA) is 63.6 Å². The van der Waals surface area contributed by atoms with Crippen LogP contribution in [0.15, 0.2) is 42.5 Å². The summed E-state index contributed by atoms with van der Waals surface area (Å²) in [7, 11) is 0. The average Bonchev–Trinajstić information content (AvgIpc) is 2.52. The Kier molecular flexibility index (Phi) is 5.46. The van der Waals surface area contributed by atoms with E-state index < -0.39 is 5.97 Å². The molecule has 2 rings (SSSR count). The van der Waals surface area contributed by atoms with Gasteiger partial charge in [-0.1, -0.05) is 29.8 Å². The number of Topliss-reactive ketones (excluding diaryl/α,β-unsaturated/α-hetero) is 1. The fourth-order valence-electron chi connectivity index (χ4n) is 2.11. The summed E-state index contributed by atoms with van der Waals surface area (Å²) in [5.74, 6) is -1.38. The first-order valence-electron chi connectivity index (χ1n) is 7.19. The molecule has 0 bridgehead atoms. The second kappa shape index (κ2) is 7.54. The fourth-order valence-corrected chi connectivity index (χ4v) is 2.11. The van der Waals surface area contributed by atoms with Crippen LogP contribution in [-0.4, -0.2) is 16.9 Å². The molecule has 0 unspecified atom stereocenters. The minimum atomic E-state index is -1.03. The maximum atomic E-state index is 13.6. The van der Waals surface area contributed by atoms with Crippen molar-refractivity contribution in [2.45, 2.75) is 26.4 Å². The Hall–Kier alpha value is -2.69. The van der Waals surface area contributed by atoms with E-state index in [1.165, 1.54) is 6.07 Å². The molecule has 0 aliphatic carbocycles. The number of carbonyl (C=O) groups excluding carboxylic acids is 1. The van der Waals surface area contributed by atoms with Crippen molar-refractivity contribution in [2.24, 2.45) is 0 Å². The molecule has 0 aliphatic rings. The molecular weight excluding hydrogens is 299 g/mol. The molecule has 0 saturated carbocycles. The van der Waals surface area contributed by atoms with Gasteiger partial charge in [-0.15, -0.1) is 0 Å². The number of aliphatic carboxylic acids is 1. The molecule has 120 valence electrons. The first-order chi connectivity index (χ1) is 11.0. The monoisotopic (exact) mass is 316 g/mol. The third kappa shape index (κ3) is 4.64. The van der Waals surface area contributed by atoms with Gasteiger partial charge < -0.3 is 9.84 Å². The van der Waals surface area contributed by atoms with Crippen molar-refractivity contribution in [3.8, 4) is 5.75 Å². The van der Waals surface area contributed by atoms with Crippen molar-refractivity contribution >= 4 is 11.8 Å². The largest absolute Gasteiger partial charge is 0.488 e. The van der Waals surface area contributed by atoms with Crippen LogP contribution in [0.3, 0.4) is 0 Å². The lowest BCUT2D eigenvalue weighted by Crippen LogP contribution is -2.07. The van der Waals surface area contributed by atoms with E-state index in [1.54, 1.807) is 36.4 Å². The average molecular weight is 316 g/mol. The predicted octanol–water partition coefficient (Wildman–Crippen LogP) is 3.76. The number of carbonyl (C=O) groups is 2. The van der Waals surface area contributed by atoms with Crippen LogP contribution in [-0.2, 0) is 11.4 Å². The Morgan fingerprint density at radius 2 is 1.87 bits per heavy atom. The molecular formula is C18H17FO4. The molecule has 0 aliphatic heterocycles. The Labute approximate surface area is 133 Å². The maximum Gasteiger partial charge on any atom is 0.303 e. The third-order valence-electron chi connectivity index (χ3n) is 3.34. The number of halogens is 1. The molecule has 0 spiro atoms. The summed E-state index contributed by atoms with van der Waals surface area (Å²) in [5.41, 5.74) is 1.57. The molecule has 0 fully saturated rings. The van der Waals surface area contributed by atoms with Gasteiger partial charge in [0.05, 0.1) is 12.0 Å². The summed E-state index contributed by atoms with van der Waals surface area (Å²) in [6, 6.07) is 11.3. The van der Waals surface area contributed by atoms with Crippen LogP contribution in [0, 0.1) is 12.7 Å². The number of aryl methyl sites for hydroxylation is 1. The van der Waals surface area contributed by atoms with E-state index in [-0.39, 0.29) is 31.0 Å². The van der Waals surface area contributed by atoms with Gasteiger partial charge in [0.15, 0.2) is 5.78 Å². The van der Waals surface area contributed by atoms with E-state index in [0.717, 1.165) is 5.56 Å². The van der Waals surface area contributed by atoms with Crippen molar-refractivity contribution in [1.29, 1.82) is 0 Å². The zero-order valence-corrected chi connectivity index (χ0v) is 12.7. The van der Waals surface area contributed by atoms with Crippen LogP contribution < -0.4 is 4.74 Å². The highest BCUT2D eigenvalue weighted by Crippen LogP contribution is 2.23. The van der Waals surface area contributed by atoms with Crippen molar-refractivity contribution in [3.05, 3.63) is 65.0 Å². The summed E-state index contributed by atoms with van der Waals surface area (Å²) in [6.07, 6.45) is -0.339. The quantitative estimate of drug-likeness (QED) is 0.790. The van der Waals surface area contributed by atoms with Gasteiger partial charge in [-0.25, -0.2) is 4.39 Å². The van der Waals surface area contributed by atoms with Crippen LogP contribution >= 0.6 is 0 Å². The maximum absolute atomic E-state index is 13.6. The molecule has 0 radical (unpaired) electrons. The second-order valence-electron chi connectivity index (χ2n) is 5.20. The number of ether oxygens (including phenoxy) is 1. The van der Waals surface area contributed by atoms with Crippen molar-refractivity contribution in [3.63, 3.8) is 0 Å². The fraction of sp³-hybridized carbons (Fsp3) is 0.222. The van der Waals surface area contributed by atoms with Crippen molar-refractivity contribution in [1.82, 2.24) is 0 Å². The van der Waals surface area contributed by atoms with Gasteiger partial charge >= 0.3 is 5.97 Å². The Morgan fingerprint density at radius 1 is 1.13 bits per heavy atom. The van der Waals surface area contributed by atoms with Crippen LogP contribution in [0.4, 0.5) is 4.39 Å². The number of ketones is 1. The molecule has 0 saturated heterocycles. The standard InChI is InChI=1S/C18H17FO4/c1-12-6-8-17(14(10-12)16(20)7-9-18(21)22)23-11-13-4-2-3-5-15(13)19/h2-6,8,10H,7,9,11H2,1H3,(H,21,22). The van der Waals surface area contributed by atoms with E-state index in [2.05, 4.69) is 0 Å². The van der Waals surface area contributed by atoms with Gasteiger partial charge in [0.1, 0.15) is 18.2 Å². The minimum absolute atomic E-state index is 0.00502. The number of carboxylic acid groups (broad SMARTS) is 1. The lowest BCUT2D eigenvalue weighted by Gasteiger charge is -2.12. The van der Waals surface area contributed by atoms with E-state index in [4.69, 9.17) is 9.84 Å². The predicted molar refractivity (Wildman–Crippen MR) is 83.1 cm³/mol. The first-order valence-corrected chi connectivity index (χ1v) is 7.19. The molecule has 23 heavy (non-hydrogen) atoms. The number of hydrogen-bond acceptors (Lipinski definition) is 3. The highest BCUT2D eigenvalue weighted by atomic mass is 19.1. The van der Waals surface area contributed by atoms with E-state index in [0.29, 0.717) is 16.9 Å². The van der Waals surface area contributed by atoms with Crippen LogP contribution in [0.2, 0.25) is 0 Å². The normalized spacial score (nSPS) is 10.3. The summed E-state index contributed by atoms with van der Waals surface area (Å²) in [4.78, 5) is 22.8. The molecule has 0 heterocycles. The Morgan fingerprint density at radius 3 is 2.57 bits per heavy atom. The zero-order chi connectivity index (χ0) is 16.8. The van der Waals surface area contributed by atoms with E-state index >= 15 is 0 Å². The summed E-state index contributed by atoms with van der Waals surface area (Å²) < 4.78 is 19.2. The summed E-state index contributed by atoms with van der Waals surface area (Å²) >= 11 is 0. The molecule has 5 heteroatoms. The van der Waals surface area contributed by atoms with Crippen LogP contribution in [0.5, 0.6) is 5.75 Å². The van der Waals surface area contributed by atoms with Gasteiger partial charge in [0, 0.05) is 12.0 Å². The molecule has 1 N–H and O–H groups in total. The van der Waals surface area contributed by atoms with Crippen LogP contribution in [0.25, 0.3) is 0 Å². The number of hydrogen-bond donors (Lipinski definition) is 1. The highest BCUT2D eigenvalue weighted by molar-refractivity contribution is 6.00. The lowest BCUT2D eigenvalue weighted by atomic mass is 10.0. The number of benzene rings is 2. The van der Waals surface area contributed by atoms with Crippen LogP contribution in [0.1, 0.15) is 34.3 Å². The SMILES string of the molecule is Cc1ccc(OCc2ccccc2F)c(C(=O)CCC(=O)O)c1. The highest BCUT2D eigenvalue weighted by Gasteiger charge is 2.15. The minimum Gasteiger partial charge on any atom is -0.488 e. The lowest BCUT2D eigenvalue weighted by molar-refractivity contribution is -0.136. The number of rotatable bonds is 7. The summed E-state index contributed by atoms with van der Waals surface area (Å²) in [6.45, 7) is 1.82. The first kappa shape index (κ1) is 16.7. The van der Waals surface area contributed by atoms with E-state index in [9.17, 15) is 14.0 Å². The molecule has 2 aromatic rings. The van der Waals surface area contributed by atoms with Gasteiger partial charge in [-0.2, -0.15) is 0 Å². The third-order valence-corrected chi connectivity index (χ3v) is 3.34. The van der Waals surface area contributed by atoms with Gasteiger partial charge in [-0.3, -0.25) is 9.59 Å². The van der Waals surface area contributed by atoms with E-state index in [1.807, 2.05) is 6.92 Å². The molecule has 0 aromatic heterocycles. The summed E-state index contributed by atoms with van der Waals surface area (Å²) in [5, 5.41) is 8.69. The molecule has 2 aromatic carbocycles. The molecule has 4 nitrogen and oxygen atoms in total. The van der Waals surface area contributed by atoms with Gasteiger partial charge in [0.2, 0.25) is 0 Å². The van der Waals surface area contributed by atoms with Crippen molar-refractivity contribution in [2.75, 3.05) is 0 Å². The van der Waals surface area contributed by atoms with Gasteiger partial charge in [0.25, 0.3) is 0 Å². The van der Waals surface area contributed by atoms with Crippen molar-refractivity contribution < 1.29 is 23.8 Å². The smallest absolute Gasteiger partial charge is 0.303 e. The second-order valence-corrected chi connectivity index (χ2v) is 5.20. The molecule has 0 atom stereocenters. The Bertz CT molecular complexity index is 725.